The lowest BCUT2D eigenvalue weighted by Crippen LogP contribution is -2.48. The van der Waals surface area contributed by atoms with Gasteiger partial charge in [0, 0.05) is 6.54 Å². The van der Waals surface area contributed by atoms with Crippen LogP contribution in [0.15, 0.2) is 24.3 Å². The van der Waals surface area contributed by atoms with Gasteiger partial charge >= 0.3 is 6.09 Å². The second-order valence-corrected chi connectivity index (χ2v) is 8.13. The molecule has 1 aromatic rings. The second-order valence-electron chi connectivity index (χ2n) is 8.13. The molecule has 3 aliphatic rings. The first-order valence-electron chi connectivity index (χ1n) is 8.71. The number of carbonyl (C=O) groups excluding carboxylic acids is 3. The molecule has 2 heterocycles. The molecule has 1 saturated heterocycles. The third kappa shape index (κ3) is 2.69. The summed E-state index contributed by atoms with van der Waals surface area (Å²) in [5, 5.41) is 0. The van der Waals surface area contributed by atoms with E-state index in [-0.39, 0.29) is 30.5 Å². The first kappa shape index (κ1) is 16.1. The van der Waals surface area contributed by atoms with Gasteiger partial charge in [0.1, 0.15) is 5.60 Å². The molecule has 6 heteroatoms. The third-order valence-electron chi connectivity index (χ3n) is 5.18. The number of imide groups is 1. The highest BCUT2D eigenvalue weighted by atomic mass is 16.6. The summed E-state index contributed by atoms with van der Waals surface area (Å²) in [6.07, 6.45) is 0.689. The normalized spacial score (nSPS) is 27.4. The number of amides is 3. The van der Waals surface area contributed by atoms with Crippen LogP contribution < -0.4 is 0 Å². The van der Waals surface area contributed by atoms with Crippen LogP contribution in [0.4, 0.5) is 4.79 Å². The minimum atomic E-state index is -0.566. The van der Waals surface area contributed by atoms with E-state index in [2.05, 4.69) is 0 Å². The van der Waals surface area contributed by atoms with Crippen molar-refractivity contribution in [2.75, 3.05) is 13.1 Å². The number of hydrogen-bond donors (Lipinski definition) is 0. The van der Waals surface area contributed by atoms with Crippen molar-refractivity contribution in [3.8, 4) is 0 Å². The molecule has 3 amide bonds. The van der Waals surface area contributed by atoms with Crippen molar-refractivity contribution in [3.63, 3.8) is 0 Å². The number of rotatable bonds is 2. The number of benzene rings is 1. The van der Waals surface area contributed by atoms with E-state index >= 15 is 0 Å². The SMILES string of the molecule is CC(C)(C)OC(=O)N1C[C@@H]2C[C@@H]2[C@H]1CN1C(=O)c2ccccc2C1=O. The molecule has 0 radical (unpaired) electrons. The van der Waals surface area contributed by atoms with Crippen LogP contribution in [0.5, 0.6) is 0 Å². The number of carbonyl (C=O) groups is 3. The van der Waals surface area contributed by atoms with Crippen molar-refractivity contribution < 1.29 is 19.1 Å². The molecule has 2 aliphatic heterocycles. The maximum Gasteiger partial charge on any atom is 0.410 e. The predicted molar refractivity (Wildman–Crippen MR) is 90.1 cm³/mol. The number of fused-ring (bicyclic) bond motifs is 2. The Labute approximate surface area is 146 Å². The molecule has 2 fully saturated rings. The molecule has 0 bridgehead atoms. The quantitative estimate of drug-likeness (QED) is 0.775. The molecule has 1 aromatic carbocycles. The van der Waals surface area contributed by atoms with Gasteiger partial charge in [-0.2, -0.15) is 0 Å². The zero-order valence-electron chi connectivity index (χ0n) is 14.7. The lowest BCUT2D eigenvalue weighted by Gasteiger charge is -2.32. The van der Waals surface area contributed by atoms with Crippen LogP contribution in [-0.4, -0.2) is 52.4 Å². The number of nitrogens with zero attached hydrogens (tertiary/aromatic N) is 2. The van der Waals surface area contributed by atoms with Gasteiger partial charge in [0.15, 0.2) is 0 Å². The van der Waals surface area contributed by atoms with Crippen molar-refractivity contribution in [3.05, 3.63) is 35.4 Å². The second kappa shape index (κ2) is 5.31. The fourth-order valence-electron chi connectivity index (χ4n) is 3.93. The van der Waals surface area contributed by atoms with Crippen LogP contribution in [0.2, 0.25) is 0 Å². The summed E-state index contributed by atoms with van der Waals surface area (Å²) in [6.45, 7) is 6.39. The van der Waals surface area contributed by atoms with Crippen molar-refractivity contribution in [1.82, 2.24) is 9.80 Å². The molecule has 6 nitrogen and oxygen atoms in total. The third-order valence-corrected chi connectivity index (χ3v) is 5.18. The van der Waals surface area contributed by atoms with Gasteiger partial charge in [0.2, 0.25) is 0 Å². The maximum absolute atomic E-state index is 12.6. The van der Waals surface area contributed by atoms with Crippen molar-refractivity contribution in [1.29, 1.82) is 0 Å². The molecule has 0 unspecified atom stereocenters. The van der Waals surface area contributed by atoms with E-state index in [4.69, 9.17) is 4.74 Å². The minimum Gasteiger partial charge on any atom is -0.444 e. The van der Waals surface area contributed by atoms with E-state index in [1.165, 1.54) is 4.90 Å². The lowest BCUT2D eigenvalue weighted by atomic mass is 10.1. The molecular formula is C19H22N2O4. The Balaban J connectivity index is 1.53. The highest BCUT2D eigenvalue weighted by molar-refractivity contribution is 6.21. The summed E-state index contributed by atoms with van der Waals surface area (Å²) in [5.41, 5.74) is 0.326. The largest absolute Gasteiger partial charge is 0.444 e. The summed E-state index contributed by atoms with van der Waals surface area (Å²) in [6, 6.07) is 6.72. The van der Waals surface area contributed by atoms with Crippen LogP contribution in [0.3, 0.4) is 0 Å². The topological polar surface area (TPSA) is 66.9 Å². The Kier molecular flexibility index (Phi) is 3.42. The number of likely N-dealkylation sites (tertiary alicyclic amines) is 1. The van der Waals surface area contributed by atoms with Gasteiger partial charge in [-0.25, -0.2) is 4.79 Å². The molecular weight excluding hydrogens is 320 g/mol. The highest BCUT2D eigenvalue weighted by Gasteiger charge is 2.56. The Morgan fingerprint density at radius 3 is 2.32 bits per heavy atom. The minimum absolute atomic E-state index is 0.151. The first-order chi connectivity index (χ1) is 11.8. The van der Waals surface area contributed by atoms with Gasteiger partial charge in [-0.05, 0) is 51.2 Å². The van der Waals surface area contributed by atoms with E-state index < -0.39 is 5.60 Å². The fourth-order valence-corrected chi connectivity index (χ4v) is 3.93. The molecule has 1 saturated carbocycles. The molecule has 0 aromatic heterocycles. The van der Waals surface area contributed by atoms with Crippen LogP contribution in [-0.2, 0) is 4.74 Å². The number of hydrogen-bond acceptors (Lipinski definition) is 4. The molecule has 25 heavy (non-hydrogen) atoms. The highest BCUT2D eigenvalue weighted by Crippen LogP contribution is 2.50. The zero-order chi connectivity index (χ0) is 17.9. The Morgan fingerprint density at radius 1 is 1.16 bits per heavy atom. The van der Waals surface area contributed by atoms with Crippen molar-refractivity contribution in [2.24, 2.45) is 11.8 Å². The zero-order valence-corrected chi connectivity index (χ0v) is 14.7. The monoisotopic (exact) mass is 342 g/mol. The van der Waals surface area contributed by atoms with E-state index in [9.17, 15) is 14.4 Å². The fraction of sp³-hybridized carbons (Fsp3) is 0.526. The lowest BCUT2D eigenvalue weighted by molar-refractivity contribution is 0.0154. The summed E-state index contributed by atoms with van der Waals surface area (Å²) in [4.78, 5) is 40.7. The molecule has 0 spiro atoms. The van der Waals surface area contributed by atoms with Crippen molar-refractivity contribution in [2.45, 2.75) is 38.8 Å². The van der Waals surface area contributed by atoms with Crippen LogP contribution >= 0.6 is 0 Å². The number of piperidine rings is 1. The summed E-state index contributed by atoms with van der Waals surface area (Å²) in [5.74, 6) is 0.284. The van der Waals surface area contributed by atoms with E-state index in [1.54, 1.807) is 29.2 Å². The van der Waals surface area contributed by atoms with Crippen LogP contribution in [0.25, 0.3) is 0 Å². The summed E-state index contributed by atoms with van der Waals surface area (Å²) < 4.78 is 5.50. The summed E-state index contributed by atoms with van der Waals surface area (Å²) >= 11 is 0. The summed E-state index contributed by atoms with van der Waals surface area (Å²) in [7, 11) is 0. The van der Waals surface area contributed by atoms with E-state index in [0.29, 0.717) is 29.5 Å². The molecule has 4 rings (SSSR count). The van der Waals surface area contributed by atoms with E-state index in [0.717, 1.165) is 6.42 Å². The van der Waals surface area contributed by atoms with Crippen LogP contribution in [0.1, 0.15) is 47.9 Å². The van der Waals surface area contributed by atoms with Crippen LogP contribution in [0, 0.1) is 11.8 Å². The average Bonchev–Trinajstić information content (AvgIpc) is 3.16. The first-order valence-corrected chi connectivity index (χ1v) is 8.71. The van der Waals surface area contributed by atoms with Gasteiger partial charge < -0.3 is 9.64 Å². The Hall–Kier alpha value is -2.37. The molecule has 1 aliphatic carbocycles. The standard InChI is InChI=1S/C19H22N2O4/c1-19(2,3)25-18(24)20-9-11-8-14(11)15(20)10-21-16(22)12-6-4-5-7-13(12)17(21)23/h4-7,11,14-15H,8-10H2,1-3H3/t11-,14-,15+/m0/s1. The Morgan fingerprint density at radius 2 is 1.76 bits per heavy atom. The average molecular weight is 342 g/mol. The van der Waals surface area contributed by atoms with Gasteiger partial charge in [0.25, 0.3) is 11.8 Å². The van der Waals surface area contributed by atoms with Crippen molar-refractivity contribution >= 4 is 17.9 Å². The maximum atomic E-state index is 12.6. The smallest absolute Gasteiger partial charge is 0.410 e. The van der Waals surface area contributed by atoms with Gasteiger partial charge in [-0.15, -0.1) is 0 Å². The Bertz CT molecular complexity index is 732. The molecule has 3 atom stereocenters. The van der Waals surface area contributed by atoms with Gasteiger partial charge in [0.05, 0.1) is 23.7 Å². The molecule has 132 valence electrons. The van der Waals surface area contributed by atoms with Gasteiger partial charge in [-0.3, -0.25) is 14.5 Å². The number of ether oxygens (including phenoxy) is 1. The predicted octanol–water partition coefficient (Wildman–Crippen LogP) is 2.54. The van der Waals surface area contributed by atoms with E-state index in [1.807, 2.05) is 20.8 Å². The molecule has 0 N–H and O–H groups in total. The van der Waals surface area contributed by atoms with Gasteiger partial charge in [-0.1, -0.05) is 12.1 Å².